The molecule has 0 aliphatic heterocycles. The molecular formula is C14H11ClO3. The van der Waals surface area contributed by atoms with Crippen molar-refractivity contribution in [2.24, 2.45) is 0 Å². The normalized spacial score (nSPS) is 10.1. The van der Waals surface area contributed by atoms with Gasteiger partial charge in [-0.05, 0) is 35.9 Å². The maximum atomic E-state index is 11.3. The quantitative estimate of drug-likeness (QED) is 0.843. The molecule has 2 aromatic carbocycles. The van der Waals surface area contributed by atoms with Crippen LogP contribution < -0.4 is 0 Å². The molecule has 0 saturated heterocycles. The van der Waals surface area contributed by atoms with Crippen molar-refractivity contribution in [3.05, 3.63) is 53.1 Å². The predicted octanol–water partition coefficient (Wildman–Crippen LogP) is 3.50. The number of halogens is 1. The van der Waals surface area contributed by atoms with Crippen molar-refractivity contribution in [2.45, 2.75) is 0 Å². The Morgan fingerprint density at radius 3 is 2.39 bits per heavy atom. The lowest BCUT2D eigenvalue weighted by molar-refractivity contribution is 0.0601. The molecule has 2 rings (SSSR count). The maximum Gasteiger partial charge on any atom is 0.337 e. The summed E-state index contributed by atoms with van der Waals surface area (Å²) in [4.78, 5) is 11.3. The van der Waals surface area contributed by atoms with Crippen molar-refractivity contribution in [2.75, 3.05) is 7.11 Å². The Kier molecular flexibility index (Phi) is 3.53. The van der Waals surface area contributed by atoms with Gasteiger partial charge in [0.1, 0.15) is 5.75 Å². The summed E-state index contributed by atoms with van der Waals surface area (Å²) in [6, 6.07) is 11.7. The lowest BCUT2D eigenvalue weighted by atomic mass is 10.0. The highest BCUT2D eigenvalue weighted by molar-refractivity contribution is 6.33. The van der Waals surface area contributed by atoms with Crippen LogP contribution in [0.2, 0.25) is 5.02 Å². The first-order valence-corrected chi connectivity index (χ1v) is 5.67. The van der Waals surface area contributed by atoms with Crippen molar-refractivity contribution in [3.8, 4) is 16.9 Å². The predicted molar refractivity (Wildman–Crippen MR) is 69.9 cm³/mol. The van der Waals surface area contributed by atoms with Crippen molar-refractivity contribution in [3.63, 3.8) is 0 Å². The molecule has 2 aromatic rings. The summed E-state index contributed by atoms with van der Waals surface area (Å²) < 4.78 is 4.62. The zero-order chi connectivity index (χ0) is 13.1. The summed E-state index contributed by atoms with van der Waals surface area (Å²) in [5.74, 6) is -0.256. The molecular weight excluding hydrogens is 252 g/mol. The number of benzene rings is 2. The molecule has 0 unspecified atom stereocenters. The topological polar surface area (TPSA) is 46.5 Å². The van der Waals surface area contributed by atoms with E-state index in [2.05, 4.69) is 4.74 Å². The van der Waals surface area contributed by atoms with Gasteiger partial charge in [0.25, 0.3) is 0 Å². The van der Waals surface area contributed by atoms with Crippen LogP contribution in [0.4, 0.5) is 0 Å². The number of ether oxygens (including phenoxy) is 1. The summed E-state index contributed by atoms with van der Waals surface area (Å²) in [6.45, 7) is 0. The van der Waals surface area contributed by atoms with E-state index in [4.69, 9.17) is 11.6 Å². The molecule has 0 aliphatic rings. The number of phenolic OH excluding ortho intramolecular Hbond substituents is 1. The van der Waals surface area contributed by atoms with Gasteiger partial charge in [-0.25, -0.2) is 4.79 Å². The minimum atomic E-state index is -0.377. The Balaban J connectivity index is 2.37. The summed E-state index contributed by atoms with van der Waals surface area (Å²) in [7, 11) is 1.34. The van der Waals surface area contributed by atoms with Crippen molar-refractivity contribution in [1.82, 2.24) is 0 Å². The van der Waals surface area contributed by atoms with Gasteiger partial charge >= 0.3 is 5.97 Å². The second-order valence-electron chi connectivity index (χ2n) is 3.73. The van der Waals surface area contributed by atoms with E-state index in [0.717, 1.165) is 11.1 Å². The fourth-order valence-electron chi connectivity index (χ4n) is 1.64. The Labute approximate surface area is 110 Å². The molecule has 0 spiro atoms. The molecule has 3 nitrogen and oxygen atoms in total. The standard InChI is InChI=1S/C14H11ClO3/c1-18-14(17)10-4-2-9(3-5-10)12-7-6-11(16)8-13(12)15/h2-8,16H,1H3. The highest BCUT2D eigenvalue weighted by atomic mass is 35.5. The third kappa shape index (κ3) is 2.46. The largest absolute Gasteiger partial charge is 0.508 e. The summed E-state index contributed by atoms with van der Waals surface area (Å²) >= 11 is 6.04. The molecule has 0 radical (unpaired) electrons. The first-order chi connectivity index (χ1) is 8.61. The van der Waals surface area contributed by atoms with Crippen LogP contribution in [-0.2, 0) is 4.74 Å². The van der Waals surface area contributed by atoms with Crippen LogP contribution in [0.1, 0.15) is 10.4 Å². The van der Waals surface area contributed by atoms with Gasteiger partial charge in [-0.2, -0.15) is 0 Å². The molecule has 92 valence electrons. The Bertz CT molecular complexity index is 576. The van der Waals surface area contributed by atoms with E-state index in [1.807, 2.05) is 0 Å². The number of phenols is 1. The third-order valence-electron chi connectivity index (χ3n) is 2.57. The lowest BCUT2D eigenvalue weighted by Crippen LogP contribution is -2.00. The van der Waals surface area contributed by atoms with Crippen LogP contribution in [-0.4, -0.2) is 18.2 Å². The number of hydrogen-bond donors (Lipinski definition) is 1. The van der Waals surface area contributed by atoms with E-state index in [0.29, 0.717) is 10.6 Å². The van der Waals surface area contributed by atoms with Crippen molar-refractivity contribution in [1.29, 1.82) is 0 Å². The van der Waals surface area contributed by atoms with E-state index in [9.17, 15) is 9.90 Å². The van der Waals surface area contributed by atoms with E-state index in [1.165, 1.54) is 13.2 Å². The SMILES string of the molecule is COC(=O)c1ccc(-c2ccc(O)cc2Cl)cc1. The molecule has 0 bridgehead atoms. The van der Waals surface area contributed by atoms with E-state index >= 15 is 0 Å². The highest BCUT2D eigenvalue weighted by Crippen LogP contribution is 2.30. The highest BCUT2D eigenvalue weighted by Gasteiger charge is 2.07. The molecule has 1 N–H and O–H groups in total. The molecule has 18 heavy (non-hydrogen) atoms. The van der Waals surface area contributed by atoms with Gasteiger partial charge in [0, 0.05) is 5.56 Å². The van der Waals surface area contributed by atoms with Crippen LogP contribution in [0.5, 0.6) is 5.75 Å². The number of hydrogen-bond acceptors (Lipinski definition) is 3. The molecule has 0 aromatic heterocycles. The van der Waals surface area contributed by atoms with Crippen LogP contribution in [0, 0.1) is 0 Å². The third-order valence-corrected chi connectivity index (χ3v) is 2.88. The first kappa shape index (κ1) is 12.5. The fourth-order valence-corrected chi connectivity index (χ4v) is 1.93. The first-order valence-electron chi connectivity index (χ1n) is 5.29. The minimum Gasteiger partial charge on any atom is -0.508 e. The van der Waals surface area contributed by atoms with Crippen LogP contribution in [0.15, 0.2) is 42.5 Å². The number of rotatable bonds is 2. The molecule has 0 aliphatic carbocycles. The smallest absolute Gasteiger partial charge is 0.337 e. The van der Waals surface area contributed by atoms with Gasteiger partial charge in [-0.1, -0.05) is 23.7 Å². The second-order valence-corrected chi connectivity index (χ2v) is 4.14. The molecule has 0 atom stereocenters. The Morgan fingerprint density at radius 1 is 1.17 bits per heavy atom. The van der Waals surface area contributed by atoms with E-state index in [-0.39, 0.29) is 11.7 Å². The average molecular weight is 263 g/mol. The van der Waals surface area contributed by atoms with Gasteiger partial charge in [-0.3, -0.25) is 0 Å². The second kappa shape index (κ2) is 5.10. The van der Waals surface area contributed by atoms with Gasteiger partial charge < -0.3 is 9.84 Å². The van der Waals surface area contributed by atoms with Gasteiger partial charge in [0.15, 0.2) is 0 Å². The number of aromatic hydroxyl groups is 1. The fraction of sp³-hybridized carbons (Fsp3) is 0.0714. The summed E-state index contributed by atoms with van der Waals surface area (Å²) in [5.41, 5.74) is 2.15. The van der Waals surface area contributed by atoms with Gasteiger partial charge in [-0.15, -0.1) is 0 Å². The zero-order valence-corrected chi connectivity index (χ0v) is 10.4. The van der Waals surface area contributed by atoms with Crippen LogP contribution in [0.3, 0.4) is 0 Å². The lowest BCUT2D eigenvalue weighted by Gasteiger charge is -2.06. The van der Waals surface area contributed by atoms with Crippen molar-refractivity contribution < 1.29 is 14.6 Å². The summed E-state index contributed by atoms with van der Waals surface area (Å²) in [6.07, 6.45) is 0. The Morgan fingerprint density at radius 2 is 1.83 bits per heavy atom. The number of carbonyl (C=O) groups excluding carboxylic acids is 1. The molecule has 0 heterocycles. The number of carbonyl (C=O) groups is 1. The molecule has 0 saturated carbocycles. The number of esters is 1. The minimum absolute atomic E-state index is 0.120. The van der Waals surface area contributed by atoms with Gasteiger partial charge in [0.05, 0.1) is 17.7 Å². The molecule has 0 fully saturated rings. The number of methoxy groups -OCH3 is 1. The van der Waals surface area contributed by atoms with E-state index in [1.54, 1.807) is 36.4 Å². The van der Waals surface area contributed by atoms with Crippen molar-refractivity contribution >= 4 is 17.6 Å². The Hall–Kier alpha value is -2.00. The molecule has 4 heteroatoms. The zero-order valence-electron chi connectivity index (χ0n) is 9.68. The van der Waals surface area contributed by atoms with Crippen LogP contribution in [0.25, 0.3) is 11.1 Å². The monoisotopic (exact) mass is 262 g/mol. The summed E-state index contributed by atoms with van der Waals surface area (Å²) in [5, 5.41) is 9.75. The average Bonchev–Trinajstić information content (AvgIpc) is 2.38. The van der Waals surface area contributed by atoms with E-state index < -0.39 is 0 Å². The maximum absolute atomic E-state index is 11.3. The van der Waals surface area contributed by atoms with Gasteiger partial charge in [0.2, 0.25) is 0 Å². The molecule has 0 amide bonds. The van der Waals surface area contributed by atoms with Crippen LogP contribution >= 0.6 is 11.6 Å².